The molecular formula is C12H19NO5. The van der Waals surface area contributed by atoms with Gasteiger partial charge in [0.25, 0.3) is 0 Å². The second-order valence-electron chi connectivity index (χ2n) is 4.85. The molecule has 102 valence electrons. The Balaban J connectivity index is 1.55. The summed E-state index contributed by atoms with van der Waals surface area (Å²) in [6.07, 6.45) is 2.69. The molecule has 2 N–H and O–H groups in total. The standard InChI is InChI=1S/C12H19NO5/c14-10(12(3-4-12)11(15)16)13-5-1-6-18-9-2-7-17-8-9/h9H,1-8H2,(H,13,14)(H,15,16). The van der Waals surface area contributed by atoms with Crippen molar-refractivity contribution in [1.29, 1.82) is 0 Å². The summed E-state index contributed by atoms with van der Waals surface area (Å²) >= 11 is 0. The fourth-order valence-electron chi connectivity index (χ4n) is 2.00. The Morgan fingerprint density at radius 1 is 1.44 bits per heavy atom. The second-order valence-corrected chi connectivity index (χ2v) is 4.85. The van der Waals surface area contributed by atoms with Crippen LogP contribution in [0.2, 0.25) is 0 Å². The van der Waals surface area contributed by atoms with Crippen molar-refractivity contribution in [3.05, 3.63) is 0 Å². The minimum atomic E-state index is -1.14. The molecule has 2 rings (SSSR count). The first-order valence-corrected chi connectivity index (χ1v) is 6.36. The van der Waals surface area contributed by atoms with Gasteiger partial charge in [0.2, 0.25) is 5.91 Å². The highest BCUT2D eigenvalue weighted by atomic mass is 16.5. The van der Waals surface area contributed by atoms with Gasteiger partial charge in [0.15, 0.2) is 0 Å². The maximum absolute atomic E-state index is 11.6. The van der Waals surface area contributed by atoms with Gasteiger partial charge in [0.1, 0.15) is 5.41 Å². The number of carboxylic acid groups (broad SMARTS) is 1. The molecule has 2 aliphatic rings. The van der Waals surface area contributed by atoms with E-state index in [-0.39, 0.29) is 12.0 Å². The summed E-state index contributed by atoms with van der Waals surface area (Å²) in [5.74, 6) is -1.38. The fourth-order valence-corrected chi connectivity index (χ4v) is 2.00. The van der Waals surface area contributed by atoms with E-state index in [2.05, 4.69) is 5.32 Å². The molecule has 18 heavy (non-hydrogen) atoms. The van der Waals surface area contributed by atoms with Crippen molar-refractivity contribution in [2.45, 2.75) is 31.8 Å². The van der Waals surface area contributed by atoms with Gasteiger partial charge in [-0.05, 0) is 25.7 Å². The summed E-state index contributed by atoms with van der Waals surface area (Å²) in [4.78, 5) is 22.5. The van der Waals surface area contributed by atoms with Crippen molar-refractivity contribution >= 4 is 11.9 Å². The third-order valence-corrected chi connectivity index (χ3v) is 3.44. The molecule has 1 saturated heterocycles. The number of hydrogen-bond acceptors (Lipinski definition) is 4. The Bertz CT molecular complexity index is 320. The van der Waals surface area contributed by atoms with E-state index in [0.717, 1.165) is 13.0 Å². The molecule has 1 amide bonds. The zero-order valence-corrected chi connectivity index (χ0v) is 10.3. The normalized spacial score (nSPS) is 24.8. The molecule has 6 heteroatoms. The van der Waals surface area contributed by atoms with Crippen molar-refractivity contribution in [3.8, 4) is 0 Å². The van der Waals surface area contributed by atoms with Crippen LogP contribution in [0.15, 0.2) is 0 Å². The first kappa shape index (κ1) is 13.3. The highest BCUT2D eigenvalue weighted by Gasteiger charge is 2.56. The molecule has 1 heterocycles. The van der Waals surface area contributed by atoms with Crippen LogP contribution < -0.4 is 5.32 Å². The number of hydrogen-bond donors (Lipinski definition) is 2. The first-order chi connectivity index (χ1) is 8.65. The molecule has 1 aliphatic carbocycles. The lowest BCUT2D eigenvalue weighted by Gasteiger charge is -2.12. The van der Waals surface area contributed by atoms with E-state index < -0.39 is 11.4 Å². The fraction of sp³-hybridized carbons (Fsp3) is 0.833. The summed E-state index contributed by atoms with van der Waals surface area (Å²) in [5.41, 5.74) is -1.14. The Morgan fingerprint density at radius 3 is 2.78 bits per heavy atom. The van der Waals surface area contributed by atoms with Gasteiger partial charge in [-0.1, -0.05) is 0 Å². The highest BCUT2D eigenvalue weighted by molar-refractivity contribution is 6.04. The zero-order valence-electron chi connectivity index (χ0n) is 10.3. The van der Waals surface area contributed by atoms with E-state index in [0.29, 0.717) is 39.0 Å². The maximum Gasteiger partial charge on any atom is 0.319 e. The molecule has 0 aromatic rings. The van der Waals surface area contributed by atoms with E-state index in [1.807, 2.05) is 0 Å². The Labute approximate surface area is 106 Å². The van der Waals surface area contributed by atoms with Crippen molar-refractivity contribution in [1.82, 2.24) is 5.32 Å². The summed E-state index contributed by atoms with van der Waals surface area (Å²) < 4.78 is 10.7. The van der Waals surface area contributed by atoms with Gasteiger partial charge in [-0.2, -0.15) is 0 Å². The largest absolute Gasteiger partial charge is 0.480 e. The highest BCUT2D eigenvalue weighted by Crippen LogP contribution is 2.45. The van der Waals surface area contributed by atoms with Crippen LogP contribution in [0.5, 0.6) is 0 Å². The number of amides is 1. The van der Waals surface area contributed by atoms with E-state index in [4.69, 9.17) is 14.6 Å². The van der Waals surface area contributed by atoms with E-state index in [1.54, 1.807) is 0 Å². The average molecular weight is 257 g/mol. The lowest BCUT2D eigenvalue weighted by Crippen LogP contribution is -2.37. The number of rotatable bonds is 7. The topological polar surface area (TPSA) is 84.9 Å². The predicted molar refractivity (Wildman–Crippen MR) is 62.1 cm³/mol. The number of aliphatic carboxylic acids is 1. The van der Waals surface area contributed by atoms with Crippen molar-refractivity contribution in [2.75, 3.05) is 26.4 Å². The molecule has 0 spiro atoms. The summed E-state index contributed by atoms with van der Waals surface area (Å²) in [5, 5.41) is 11.6. The van der Waals surface area contributed by atoms with Crippen LogP contribution >= 0.6 is 0 Å². The minimum absolute atomic E-state index is 0.175. The molecule has 0 aromatic heterocycles. The molecule has 1 saturated carbocycles. The second kappa shape index (κ2) is 5.67. The lowest BCUT2D eigenvalue weighted by atomic mass is 10.1. The van der Waals surface area contributed by atoms with E-state index >= 15 is 0 Å². The van der Waals surface area contributed by atoms with E-state index in [9.17, 15) is 9.59 Å². The number of carbonyl (C=O) groups excluding carboxylic acids is 1. The van der Waals surface area contributed by atoms with Gasteiger partial charge >= 0.3 is 5.97 Å². The van der Waals surface area contributed by atoms with Crippen LogP contribution in [0.25, 0.3) is 0 Å². The Morgan fingerprint density at radius 2 is 2.22 bits per heavy atom. The van der Waals surface area contributed by atoms with Crippen LogP contribution in [0.4, 0.5) is 0 Å². The van der Waals surface area contributed by atoms with Crippen LogP contribution in [-0.2, 0) is 19.1 Å². The van der Waals surface area contributed by atoms with Gasteiger partial charge in [0.05, 0.1) is 12.7 Å². The number of carboxylic acids is 1. The molecule has 1 atom stereocenters. The van der Waals surface area contributed by atoms with E-state index in [1.165, 1.54) is 0 Å². The molecule has 2 fully saturated rings. The first-order valence-electron chi connectivity index (χ1n) is 6.36. The van der Waals surface area contributed by atoms with Gasteiger partial charge in [-0.15, -0.1) is 0 Å². The minimum Gasteiger partial charge on any atom is -0.480 e. The third kappa shape index (κ3) is 3.00. The predicted octanol–water partition coefficient (Wildman–Crippen LogP) is 0.163. The summed E-state index contributed by atoms with van der Waals surface area (Å²) in [7, 11) is 0. The van der Waals surface area contributed by atoms with Crippen LogP contribution in [0, 0.1) is 5.41 Å². The zero-order chi connectivity index (χ0) is 13.0. The molecule has 0 aromatic carbocycles. The average Bonchev–Trinajstić information content (AvgIpc) is 3.01. The smallest absolute Gasteiger partial charge is 0.319 e. The number of nitrogens with one attached hydrogen (secondary N) is 1. The quantitative estimate of drug-likeness (QED) is 0.501. The van der Waals surface area contributed by atoms with Crippen LogP contribution in [0.1, 0.15) is 25.7 Å². The summed E-state index contributed by atoms with van der Waals surface area (Å²) in [6, 6.07) is 0. The van der Waals surface area contributed by atoms with Crippen LogP contribution in [-0.4, -0.2) is 49.5 Å². The number of carbonyl (C=O) groups is 2. The van der Waals surface area contributed by atoms with Crippen molar-refractivity contribution in [3.63, 3.8) is 0 Å². The van der Waals surface area contributed by atoms with Crippen molar-refractivity contribution < 1.29 is 24.2 Å². The van der Waals surface area contributed by atoms with Crippen molar-refractivity contribution in [2.24, 2.45) is 5.41 Å². The maximum atomic E-state index is 11.6. The molecule has 1 aliphatic heterocycles. The van der Waals surface area contributed by atoms with Gasteiger partial charge < -0.3 is 19.9 Å². The molecule has 1 unspecified atom stereocenters. The SMILES string of the molecule is O=C(O)C1(C(=O)NCCCOC2CCOC2)CC1. The monoisotopic (exact) mass is 257 g/mol. The third-order valence-electron chi connectivity index (χ3n) is 3.44. The summed E-state index contributed by atoms with van der Waals surface area (Å²) in [6.45, 7) is 2.42. The van der Waals surface area contributed by atoms with Gasteiger partial charge in [-0.3, -0.25) is 9.59 Å². The molecule has 0 radical (unpaired) electrons. The van der Waals surface area contributed by atoms with Crippen LogP contribution in [0.3, 0.4) is 0 Å². The number of ether oxygens (including phenoxy) is 2. The molecular weight excluding hydrogens is 238 g/mol. The Hall–Kier alpha value is -1.14. The lowest BCUT2D eigenvalue weighted by molar-refractivity contribution is -0.149. The Kier molecular flexibility index (Phi) is 4.19. The van der Waals surface area contributed by atoms with Gasteiger partial charge in [0, 0.05) is 19.8 Å². The molecule has 6 nitrogen and oxygen atoms in total. The van der Waals surface area contributed by atoms with Gasteiger partial charge in [-0.25, -0.2) is 0 Å². The molecule has 0 bridgehead atoms.